The van der Waals surface area contributed by atoms with E-state index in [2.05, 4.69) is 5.10 Å². The van der Waals surface area contributed by atoms with Gasteiger partial charge in [0.25, 0.3) is 0 Å². The van der Waals surface area contributed by atoms with E-state index < -0.39 is 0 Å². The van der Waals surface area contributed by atoms with Gasteiger partial charge < -0.3 is 4.90 Å². The van der Waals surface area contributed by atoms with Gasteiger partial charge in [-0.25, -0.2) is 9.80 Å². The maximum absolute atomic E-state index is 11.0. The molecular formula is C6H11N3O. The van der Waals surface area contributed by atoms with E-state index >= 15 is 0 Å². The van der Waals surface area contributed by atoms with Gasteiger partial charge in [-0.3, -0.25) is 0 Å². The molecule has 4 nitrogen and oxygen atoms in total. The first-order chi connectivity index (χ1) is 4.61. The van der Waals surface area contributed by atoms with Crippen molar-refractivity contribution in [1.29, 1.82) is 0 Å². The fraction of sp³-hybridized carbons (Fsp3) is 0.667. The molecule has 0 fully saturated rings. The van der Waals surface area contributed by atoms with Crippen molar-refractivity contribution in [3.8, 4) is 0 Å². The molecule has 0 bridgehead atoms. The minimum Gasteiger partial charge on any atom is -0.321 e. The van der Waals surface area contributed by atoms with Gasteiger partial charge in [-0.1, -0.05) is 0 Å². The monoisotopic (exact) mass is 141 g/mol. The van der Waals surface area contributed by atoms with Gasteiger partial charge in [0.15, 0.2) is 0 Å². The van der Waals surface area contributed by atoms with Gasteiger partial charge >= 0.3 is 6.03 Å². The van der Waals surface area contributed by atoms with E-state index in [1.165, 1.54) is 5.01 Å². The molecule has 0 aromatic rings. The topological polar surface area (TPSA) is 35.9 Å². The lowest BCUT2D eigenvalue weighted by Gasteiger charge is -2.26. The first-order valence-corrected chi connectivity index (χ1v) is 3.14. The van der Waals surface area contributed by atoms with Crippen LogP contribution in [-0.2, 0) is 0 Å². The molecule has 2 amide bonds. The van der Waals surface area contributed by atoms with E-state index in [0.717, 1.165) is 5.71 Å². The summed E-state index contributed by atoms with van der Waals surface area (Å²) in [6, 6.07) is -0.0504. The smallest absolute Gasteiger partial charge is 0.321 e. The number of nitrogens with zero attached hydrogens (tertiary/aromatic N) is 3. The van der Waals surface area contributed by atoms with E-state index in [9.17, 15) is 4.79 Å². The highest BCUT2D eigenvalue weighted by atomic mass is 16.2. The minimum absolute atomic E-state index is 0.0504. The molecule has 56 valence electrons. The van der Waals surface area contributed by atoms with Crippen LogP contribution in [0, 0.1) is 0 Å². The molecule has 0 spiro atoms. The maximum Gasteiger partial charge on any atom is 0.340 e. The third-order valence-electron chi connectivity index (χ3n) is 1.39. The normalized spacial score (nSPS) is 19.5. The molecule has 0 N–H and O–H groups in total. The first-order valence-electron chi connectivity index (χ1n) is 3.14. The Hall–Kier alpha value is -1.06. The molecule has 10 heavy (non-hydrogen) atoms. The molecule has 0 atom stereocenters. The molecule has 0 saturated heterocycles. The van der Waals surface area contributed by atoms with Gasteiger partial charge in [0.1, 0.15) is 0 Å². The number of hydrazone groups is 1. The van der Waals surface area contributed by atoms with Gasteiger partial charge in [0.2, 0.25) is 0 Å². The van der Waals surface area contributed by atoms with Crippen LogP contribution in [0.2, 0.25) is 0 Å². The second-order valence-corrected chi connectivity index (χ2v) is 2.50. The Balaban J connectivity index is 2.79. The number of carbonyl (C=O) groups excluding carboxylic acids is 1. The fourth-order valence-electron chi connectivity index (χ4n) is 0.988. The van der Waals surface area contributed by atoms with Crippen LogP contribution in [0.1, 0.15) is 6.92 Å². The van der Waals surface area contributed by atoms with Crippen molar-refractivity contribution < 1.29 is 4.79 Å². The van der Waals surface area contributed by atoms with Crippen molar-refractivity contribution >= 4 is 11.7 Å². The predicted molar refractivity (Wildman–Crippen MR) is 38.9 cm³/mol. The van der Waals surface area contributed by atoms with Crippen molar-refractivity contribution in [3.05, 3.63) is 0 Å². The summed E-state index contributed by atoms with van der Waals surface area (Å²) in [5.74, 6) is 0. The molecule has 0 radical (unpaired) electrons. The third kappa shape index (κ3) is 1.10. The third-order valence-corrected chi connectivity index (χ3v) is 1.39. The number of rotatable bonds is 0. The number of urea groups is 1. The summed E-state index contributed by atoms with van der Waals surface area (Å²) < 4.78 is 0. The van der Waals surface area contributed by atoms with E-state index in [-0.39, 0.29) is 6.03 Å². The Kier molecular flexibility index (Phi) is 1.61. The first kappa shape index (κ1) is 7.05. The van der Waals surface area contributed by atoms with Crippen LogP contribution in [0.4, 0.5) is 4.79 Å². The Morgan fingerprint density at radius 2 is 2.10 bits per heavy atom. The SMILES string of the molecule is CC1=NN(C)C(=O)N(C)C1. The van der Waals surface area contributed by atoms with Gasteiger partial charge in [-0.15, -0.1) is 0 Å². The molecule has 1 heterocycles. The van der Waals surface area contributed by atoms with Gasteiger partial charge in [-0.2, -0.15) is 5.10 Å². The van der Waals surface area contributed by atoms with Crippen LogP contribution in [0.15, 0.2) is 5.10 Å². The predicted octanol–water partition coefficient (Wildman–Crippen LogP) is 0.359. The van der Waals surface area contributed by atoms with E-state index in [4.69, 9.17) is 0 Å². The lowest BCUT2D eigenvalue weighted by molar-refractivity contribution is 0.174. The molecule has 1 rings (SSSR count). The van der Waals surface area contributed by atoms with Crippen LogP contribution >= 0.6 is 0 Å². The summed E-state index contributed by atoms with van der Waals surface area (Å²) in [6.45, 7) is 2.54. The summed E-state index contributed by atoms with van der Waals surface area (Å²) in [4.78, 5) is 12.6. The molecule has 1 aliphatic heterocycles. The Morgan fingerprint density at radius 1 is 1.50 bits per heavy atom. The van der Waals surface area contributed by atoms with Crippen LogP contribution in [0.5, 0.6) is 0 Å². The van der Waals surface area contributed by atoms with Crippen LogP contribution < -0.4 is 0 Å². The lowest BCUT2D eigenvalue weighted by atomic mass is 10.4. The second kappa shape index (κ2) is 2.28. The number of carbonyl (C=O) groups is 1. The average molecular weight is 141 g/mol. The molecule has 0 aliphatic carbocycles. The standard InChI is InChI=1S/C6H11N3O/c1-5-4-8(2)6(10)9(3)7-5/h4H2,1-3H3. The summed E-state index contributed by atoms with van der Waals surface area (Å²) in [5, 5.41) is 5.32. The molecule has 0 aromatic heterocycles. The molecule has 0 aromatic carbocycles. The molecule has 1 aliphatic rings. The Labute approximate surface area is 60.1 Å². The zero-order valence-electron chi connectivity index (χ0n) is 6.46. The lowest BCUT2D eigenvalue weighted by Crippen LogP contribution is -2.43. The fourth-order valence-corrected chi connectivity index (χ4v) is 0.988. The number of hydrogen-bond acceptors (Lipinski definition) is 2. The molecule has 0 saturated carbocycles. The Bertz CT molecular complexity index is 187. The molecule has 0 unspecified atom stereocenters. The minimum atomic E-state index is -0.0504. The van der Waals surface area contributed by atoms with Crippen molar-refractivity contribution in [2.45, 2.75) is 6.92 Å². The molecular weight excluding hydrogens is 130 g/mol. The molecule has 4 heteroatoms. The summed E-state index contributed by atoms with van der Waals surface area (Å²) >= 11 is 0. The van der Waals surface area contributed by atoms with Crippen molar-refractivity contribution in [1.82, 2.24) is 9.91 Å². The zero-order chi connectivity index (χ0) is 7.72. The summed E-state index contributed by atoms with van der Waals surface area (Å²) in [6.07, 6.45) is 0. The van der Waals surface area contributed by atoms with Crippen molar-refractivity contribution in [2.75, 3.05) is 20.6 Å². The van der Waals surface area contributed by atoms with E-state index in [1.54, 1.807) is 19.0 Å². The summed E-state index contributed by atoms with van der Waals surface area (Å²) in [5.41, 5.74) is 0.963. The highest BCUT2D eigenvalue weighted by Gasteiger charge is 2.18. The highest BCUT2D eigenvalue weighted by molar-refractivity contribution is 5.91. The van der Waals surface area contributed by atoms with Gasteiger partial charge in [0.05, 0.1) is 12.3 Å². The van der Waals surface area contributed by atoms with Crippen LogP contribution in [0.25, 0.3) is 0 Å². The number of hydrogen-bond donors (Lipinski definition) is 0. The van der Waals surface area contributed by atoms with E-state index in [1.807, 2.05) is 6.92 Å². The highest BCUT2D eigenvalue weighted by Crippen LogP contribution is 2.01. The summed E-state index contributed by atoms with van der Waals surface area (Å²) in [7, 11) is 3.42. The average Bonchev–Trinajstić information content (AvgIpc) is 1.82. The van der Waals surface area contributed by atoms with Crippen molar-refractivity contribution in [3.63, 3.8) is 0 Å². The maximum atomic E-state index is 11.0. The second-order valence-electron chi connectivity index (χ2n) is 2.50. The number of amides is 2. The van der Waals surface area contributed by atoms with Crippen LogP contribution in [-0.4, -0.2) is 42.3 Å². The van der Waals surface area contributed by atoms with Crippen molar-refractivity contribution in [2.24, 2.45) is 5.10 Å². The van der Waals surface area contributed by atoms with Gasteiger partial charge in [0, 0.05) is 14.1 Å². The van der Waals surface area contributed by atoms with E-state index in [0.29, 0.717) is 6.54 Å². The zero-order valence-corrected chi connectivity index (χ0v) is 6.46. The van der Waals surface area contributed by atoms with Gasteiger partial charge in [-0.05, 0) is 6.92 Å². The quantitative estimate of drug-likeness (QED) is 0.479. The Morgan fingerprint density at radius 3 is 2.60 bits per heavy atom. The largest absolute Gasteiger partial charge is 0.340 e. The van der Waals surface area contributed by atoms with Crippen LogP contribution in [0.3, 0.4) is 0 Å².